The maximum atomic E-state index is 4.47. The van der Waals surface area contributed by atoms with E-state index in [1.807, 2.05) is 60.9 Å². The van der Waals surface area contributed by atoms with E-state index in [2.05, 4.69) is 33.4 Å². The molecular formula is C19H12N2. The standard InChI is InChI=1S/C19H12N2/c1-2-5-15(6-3-1)8-9-16-10-11-18-19(13-16)21-12-4-7-17(21)14-20-18/h1-7,10-14H. The Kier molecular flexibility index (Phi) is 2.69. The van der Waals surface area contributed by atoms with E-state index < -0.39 is 0 Å². The predicted molar refractivity (Wildman–Crippen MR) is 85.1 cm³/mol. The minimum Gasteiger partial charge on any atom is -0.313 e. The van der Waals surface area contributed by atoms with Crippen molar-refractivity contribution in [2.45, 2.75) is 0 Å². The summed E-state index contributed by atoms with van der Waals surface area (Å²) < 4.78 is 2.13. The van der Waals surface area contributed by atoms with Gasteiger partial charge < -0.3 is 4.40 Å². The summed E-state index contributed by atoms with van der Waals surface area (Å²) in [6.45, 7) is 0. The highest BCUT2D eigenvalue weighted by molar-refractivity contribution is 5.79. The first-order chi connectivity index (χ1) is 10.4. The van der Waals surface area contributed by atoms with Crippen molar-refractivity contribution in [3.8, 4) is 11.8 Å². The summed E-state index contributed by atoms with van der Waals surface area (Å²) >= 11 is 0. The highest BCUT2D eigenvalue weighted by Crippen LogP contribution is 2.16. The fraction of sp³-hybridized carbons (Fsp3) is 0. The second-order valence-corrected chi connectivity index (χ2v) is 4.88. The van der Waals surface area contributed by atoms with E-state index in [0.29, 0.717) is 0 Å². The van der Waals surface area contributed by atoms with Crippen LogP contribution in [0, 0.1) is 11.8 Å². The zero-order valence-electron chi connectivity index (χ0n) is 11.3. The Morgan fingerprint density at radius 1 is 0.810 bits per heavy atom. The monoisotopic (exact) mass is 268 g/mol. The minimum absolute atomic E-state index is 0.976. The summed E-state index contributed by atoms with van der Waals surface area (Å²) in [5, 5.41) is 0. The second-order valence-electron chi connectivity index (χ2n) is 4.88. The van der Waals surface area contributed by atoms with Crippen molar-refractivity contribution in [1.29, 1.82) is 0 Å². The Balaban J connectivity index is 1.85. The van der Waals surface area contributed by atoms with Crippen molar-refractivity contribution >= 4 is 16.6 Å². The lowest BCUT2D eigenvalue weighted by molar-refractivity contribution is 1.23. The molecule has 0 unspecified atom stereocenters. The molecule has 21 heavy (non-hydrogen) atoms. The van der Waals surface area contributed by atoms with Crippen LogP contribution in [0.3, 0.4) is 0 Å². The van der Waals surface area contributed by atoms with Crippen LogP contribution in [0.15, 0.2) is 73.1 Å². The molecule has 4 aromatic rings. The molecule has 0 saturated carbocycles. The number of rotatable bonds is 0. The lowest BCUT2D eigenvalue weighted by Crippen LogP contribution is -1.89. The normalized spacial score (nSPS) is 10.5. The number of aromatic nitrogens is 2. The zero-order valence-corrected chi connectivity index (χ0v) is 11.3. The van der Waals surface area contributed by atoms with Gasteiger partial charge in [0.05, 0.1) is 22.7 Å². The number of fused-ring (bicyclic) bond motifs is 3. The summed E-state index contributed by atoms with van der Waals surface area (Å²) in [4.78, 5) is 4.47. The van der Waals surface area contributed by atoms with Crippen LogP contribution in [0.25, 0.3) is 16.6 Å². The lowest BCUT2D eigenvalue weighted by atomic mass is 10.1. The summed E-state index contributed by atoms with van der Waals surface area (Å²) in [7, 11) is 0. The predicted octanol–water partition coefficient (Wildman–Crippen LogP) is 3.89. The highest BCUT2D eigenvalue weighted by atomic mass is 14.9. The number of benzene rings is 2. The van der Waals surface area contributed by atoms with Crippen molar-refractivity contribution in [1.82, 2.24) is 9.38 Å². The molecular weight excluding hydrogens is 256 g/mol. The Hall–Kier alpha value is -3.05. The fourth-order valence-corrected chi connectivity index (χ4v) is 2.42. The lowest BCUT2D eigenvalue weighted by Gasteiger charge is -2.02. The molecule has 0 N–H and O–H groups in total. The molecule has 0 spiro atoms. The quantitative estimate of drug-likeness (QED) is 0.442. The molecule has 0 aliphatic heterocycles. The third-order valence-corrected chi connectivity index (χ3v) is 3.48. The van der Waals surface area contributed by atoms with Crippen molar-refractivity contribution in [3.05, 3.63) is 84.2 Å². The van der Waals surface area contributed by atoms with Gasteiger partial charge in [0.1, 0.15) is 0 Å². The molecule has 0 radical (unpaired) electrons. The van der Waals surface area contributed by atoms with Crippen molar-refractivity contribution in [3.63, 3.8) is 0 Å². The van der Waals surface area contributed by atoms with Gasteiger partial charge in [-0.15, -0.1) is 0 Å². The number of nitrogens with zero attached hydrogens (tertiary/aromatic N) is 2. The van der Waals surface area contributed by atoms with Crippen LogP contribution in [-0.2, 0) is 0 Å². The first kappa shape index (κ1) is 11.7. The topological polar surface area (TPSA) is 17.3 Å². The van der Waals surface area contributed by atoms with E-state index in [1.165, 1.54) is 0 Å². The van der Waals surface area contributed by atoms with Gasteiger partial charge in [0.2, 0.25) is 0 Å². The maximum absolute atomic E-state index is 4.47. The van der Waals surface area contributed by atoms with Gasteiger partial charge in [-0.2, -0.15) is 0 Å². The van der Waals surface area contributed by atoms with Crippen LogP contribution in [0.1, 0.15) is 11.1 Å². The van der Waals surface area contributed by atoms with E-state index in [1.54, 1.807) is 0 Å². The molecule has 98 valence electrons. The van der Waals surface area contributed by atoms with Gasteiger partial charge in [-0.05, 0) is 42.5 Å². The Bertz CT molecular complexity index is 986. The van der Waals surface area contributed by atoms with Crippen molar-refractivity contribution in [2.75, 3.05) is 0 Å². The van der Waals surface area contributed by atoms with Gasteiger partial charge in [0.25, 0.3) is 0 Å². The van der Waals surface area contributed by atoms with Crippen LogP contribution in [0.4, 0.5) is 0 Å². The van der Waals surface area contributed by atoms with Crippen molar-refractivity contribution in [2.24, 2.45) is 0 Å². The molecule has 0 aliphatic carbocycles. The molecule has 2 nitrogen and oxygen atoms in total. The Morgan fingerprint density at radius 2 is 1.67 bits per heavy atom. The van der Waals surface area contributed by atoms with Gasteiger partial charge >= 0.3 is 0 Å². The highest BCUT2D eigenvalue weighted by Gasteiger charge is 2.01. The average Bonchev–Trinajstić information content (AvgIpc) is 3.03. The molecule has 0 amide bonds. The largest absolute Gasteiger partial charge is 0.313 e. The average molecular weight is 268 g/mol. The number of hydrogen-bond acceptors (Lipinski definition) is 1. The summed E-state index contributed by atoms with van der Waals surface area (Å²) in [6, 6.07) is 20.2. The molecule has 2 heteroatoms. The zero-order chi connectivity index (χ0) is 14.1. The molecule has 2 aromatic heterocycles. The smallest absolute Gasteiger partial charge is 0.0871 e. The van der Waals surface area contributed by atoms with Gasteiger partial charge in [-0.3, -0.25) is 4.98 Å². The molecule has 0 aliphatic rings. The van der Waals surface area contributed by atoms with E-state index in [0.717, 1.165) is 27.7 Å². The summed E-state index contributed by atoms with van der Waals surface area (Å²) in [5.74, 6) is 6.41. The second kappa shape index (κ2) is 4.81. The van der Waals surface area contributed by atoms with Crippen LogP contribution < -0.4 is 0 Å². The Morgan fingerprint density at radius 3 is 2.57 bits per heavy atom. The molecule has 0 bridgehead atoms. The molecule has 2 aromatic carbocycles. The molecule has 2 heterocycles. The van der Waals surface area contributed by atoms with Crippen LogP contribution >= 0.6 is 0 Å². The Labute approximate surface area is 122 Å². The third kappa shape index (κ3) is 2.15. The molecule has 0 fully saturated rings. The fourth-order valence-electron chi connectivity index (χ4n) is 2.42. The van der Waals surface area contributed by atoms with Crippen LogP contribution in [0.5, 0.6) is 0 Å². The third-order valence-electron chi connectivity index (χ3n) is 3.48. The maximum Gasteiger partial charge on any atom is 0.0871 e. The van der Waals surface area contributed by atoms with E-state index in [9.17, 15) is 0 Å². The van der Waals surface area contributed by atoms with Gasteiger partial charge in [0, 0.05) is 17.3 Å². The van der Waals surface area contributed by atoms with Crippen LogP contribution in [-0.4, -0.2) is 9.38 Å². The first-order valence-corrected chi connectivity index (χ1v) is 6.83. The minimum atomic E-state index is 0.976. The summed E-state index contributed by atoms with van der Waals surface area (Å²) in [5.41, 5.74) is 5.17. The van der Waals surface area contributed by atoms with E-state index >= 15 is 0 Å². The van der Waals surface area contributed by atoms with Crippen molar-refractivity contribution < 1.29 is 0 Å². The van der Waals surface area contributed by atoms with E-state index in [4.69, 9.17) is 0 Å². The SMILES string of the molecule is C(#Cc1ccc2ncc3cccn3c2c1)c1ccccc1. The first-order valence-electron chi connectivity index (χ1n) is 6.83. The molecule has 4 rings (SSSR count). The number of hydrogen-bond donors (Lipinski definition) is 0. The van der Waals surface area contributed by atoms with Gasteiger partial charge in [-0.1, -0.05) is 30.0 Å². The van der Waals surface area contributed by atoms with E-state index in [-0.39, 0.29) is 0 Å². The molecule has 0 atom stereocenters. The van der Waals surface area contributed by atoms with Gasteiger partial charge in [-0.25, -0.2) is 0 Å². The summed E-state index contributed by atoms with van der Waals surface area (Å²) in [6.07, 6.45) is 3.94. The molecule has 0 saturated heterocycles. The van der Waals surface area contributed by atoms with Crippen LogP contribution in [0.2, 0.25) is 0 Å². The van der Waals surface area contributed by atoms with Gasteiger partial charge in [0.15, 0.2) is 0 Å².